The lowest BCUT2D eigenvalue weighted by molar-refractivity contribution is 0.427. The van der Waals surface area contributed by atoms with Gasteiger partial charge in [0.25, 0.3) is 0 Å². The minimum absolute atomic E-state index is 0.760. The van der Waals surface area contributed by atoms with Crippen LogP contribution in [0.25, 0.3) is 0 Å². The fourth-order valence-electron chi connectivity index (χ4n) is 2.46. The first-order valence-corrected chi connectivity index (χ1v) is 6.92. The first-order chi connectivity index (χ1) is 8.19. The van der Waals surface area contributed by atoms with Crippen molar-refractivity contribution in [1.82, 2.24) is 15.1 Å². The first kappa shape index (κ1) is 12.6. The summed E-state index contributed by atoms with van der Waals surface area (Å²) in [7, 11) is 2.06. The van der Waals surface area contributed by atoms with Gasteiger partial charge in [0, 0.05) is 18.8 Å². The Kier molecular flexibility index (Phi) is 4.21. The van der Waals surface area contributed by atoms with E-state index in [0.717, 1.165) is 24.1 Å². The lowest BCUT2D eigenvalue weighted by Gasteiger charge is -2.16. The molecule has 1 aliphatic rings. The van der Waals surface area contributed by atoms with Crippen LogP contribution in [0.2, 0.25) is 0 Å². The minimum Gasteiger partial charge on any atom is -0.314 e. The van der Waals surface area contributed by atoms with Gasteiger partial charge in [0.05, 0.1) is 5.69 Å². The van der Waals surface area contributed by atoms with Crippen molar-refractivity contribution in [2.24, 2.45) is 13.0 Å². The fraction of sp³-hybridized carbons (Fsp3) is 0.786. The van der Waals surface area contributed by atoms with E-state index in [1.807, 2.05) is 4.68 Å². The van der Waals surface area contributed by atoms with Crippen molar-refractivity contribution in [3.63, 3.8) is 0 Å². The van der Waals surface area contributed by atoms with Gasteiger partial charge < -0.3 is 5.32 Å². The average Bonchev–Trinajstić information content (AvgIpc) is 3.03. The molecule has 1 heterocycles. The van der Waals surface area contributed by atoms with Gasteiger partial charge in [-0.2, -0.15) is 5.10 Å². The number of hydrogen-bond acceptors (Lipinski definition) is 2. The molecular formula is C14H25N3. The first-order valence-electron chi connectivity index (χ1n) is 6.92. The predicted molar refractivity (Wildman–Crippen MR) is 71.1 cm³/mol. The summed E-state index contributed by atoms with van der Waals surface area (Å²) in [6.45, 7) is 5.52. The zero-order valence-electron chi connectivity index (χ0n) is 11.4. The van der Waals surface area contributed by atoms with E-state index < -0.39 is 0 Å². The second kappa shape index (κ2) is 5.67. The van der Waals surface area contributed by atoms with Gasteiger partial charge >= 0.3 is 0 Å². The van der Waals surface area contributed by atoms with Crippen molar-refractivity contribution < 1.29 is 0 Å². The Morgan fingerprint density at radius 3 is 2.82 bits per heavy atom. The maximum absolute atomic E-state index is 4.43. The molecule has 0 saturated heterocycles. The molecule has 1 fully saturated rings. The zero-order valence-corrected chi connectivity index (χ0v) is 11.4. The lowest BCUT2D eigenvalue weighted by Crippen LogP contribution is -2.26. The number of rotatable bonds is 7. The maximum Gasteiger partial charge on any atom is 0.0596 e. The summed E-state index contributed by atoms with van der Waals surface area (Å²) in [5.41, 5.74) is 2.51. The molecule has 1 saturated carbocycles. The molecule has 0 amide bonds. The maximum atomic E-state index is 4.43. The van der Waals surface area contributed by atoms with Gasteiger partial charge in [-0.05, 0) is 51.1 Å². The van der Waals surface area contributed by atoms with Crippen LogP contribution in [-0.2, 0) is 13.5 Å². The smallest absolute Gasteiger partial charge is 0.0596 e. The molecule has 0 bridgehead atoms. The highest BCUT2D eigenvalue weighted by atomic mass is 15.3. The van der Waals surface area contributed by atoms with Gasteiger partial charge in [-0.1, -0.05) is 13.3 Å². The van der Waals surface area contributed by atoms with E-state index in [0.29, 0.717) is 0 Å². The Morgan fingerprint density at radius 1 is 1.53 bits per heavy atom. The highest BCUT2D eigenvalue weighted by Gasteiger charge is 2.22. The summed E-state index contributed by atoms with van der Waals surface area (Å²) in [6.07, 6.45) is 6.50. The molecule has 1 aromatic heterocycles. The molecule has 2 rings (SSSR count). The van der Waals surface area contributed by atoms with Crippen LogP contribution in [0.5, 0.6) is 0 Å². The van der Waals surface area contributed by atoms with E-state index in [9.17, 15) is 0 Å². The third kappa shape index (κ3) is 3.84. The van der Waals surface area contributed by atoms with E-state index in [1.54, 1.807) is 0 Å². The highest BCUT2D eigenvalue weighted by Crippen LogP contribution is 2.20. The van der Waals surface area contributed by atoms with Crippen molar-refractivity contribution in [2.45, 2.75) is 52.0 Å². The molecule has 1 atom stereocenters. The van der Waals surface area contributed by atoms with Crippen molar-refractivity contribution in [2.75, 3.05) is 6.54 Å². The Balaban J connectivity index is 1.88. The summed E-state index contributed by atoms with van der Waals surface area (Å²) in [5.74, 6) is 0.760. The zero-order chi connectivity index (χ0) is 12.3. The van der Waals surface area contributed by atoms with E-state index in [2.05, 4.69) is 37.4 Å². The van der Waals surface area contributed by atoms with E-state index in [1.165, 1.54) is 37.9 Å². The van der Waals surface area contributed by atoms with Crippen molar-refractivity contribution in [1.29, 1.82) is 0 Å². The summed E-state index contributed by atoms with van der Waals surface area (Å²) in [6, 6.07) is 3.04. The van der Waals surface area contributed by atoms with Crippen LogP contribution in [-0.4, -0.2) is 22.4 Å². The summed E-state index contributed by atoms with van der Waals surface area (Å²) in [4.78, 5) is 0. The number of nitrogens with zero attached hydrogens (tertiary/aromatic N) is 2. The molecule has 1 N–H and O–H groups in total. The summed E-state index contributed by atoms with van der Waals surface area (Å²) >= 11 is 0. The van der Waals surface area contributed by atoms with Crippen LogP contribution in [0.3, 0.4) is 0 Å². The Bertz CT molecular complexity index is 352. The highest BCUT2D eigenvalue weighted by molar-refractivity contribution is 5.09. The Labute approximate surface area is 105 Å². The minimum atomic E-state index is 0.760. The molecule has 3 nitrogen and oxygen atoms in total. The van der Waals surface area contributed by atoms with Gasteiger partial charge in [0.15, 0.2) is 0 Å². The number of aromatic nitrogens is 2. The van der Waals surface area contributed by atoms with Gasteiger partial charge in [-0.15, -0.1) is 0 Å². The molecule has 1 aromatic rings. The molecule has 0 aromatic carbocycles. The van der Waals surface area contributed by atoms with Crippen LogP contribution >= 0.6 is 0 Å². The van der Waals surface area contributed by atoms with Crippen LogP contribution in [0, 0.1) is 12.8 Å². The van der Waals surface area contributed by atoms with E-state index in [4.69, 9.17) is 0 Å². The van der Waals surface area contributed by atoms with Gasteiger partial charge in [0.1, 0.15) is 0 Å². The summed E-state index contributed by atoms with van der Waals surface area (Å²) in [5, 5.41) is 8.09. The largest absolute Gasteiger partial charge is 0.314 e. The van der Waals surface area contributed by atoms with Gasteiger partial charge in [0.2, 0.25) is 0 Å². The predicted octanol–water partition coefficient (Wildman–Crippen LogP) is 2.44. The topological polar surface area (TPSA) is 29.9 Å². The number of aryl methyl sites for hydroxylation is 2. The van der Waals surface area contributed by atoms with Crippen LogP contribution in [0.1, 0.15) is 44.0 Å². The molecule has 0 radical (unpaired) electrons. The van der Waals surface area contributed by atoms with Crippen molar-refractivity contribution in [3.8, 4) is 0 Å². The monoisotopic (exact) mass is 235 g/mol. The molecule has 1 unspecified atom stereocenters. The average molecular weight is 235 g/mol. The lowest BCUT2D eigenvalue weighted by atomic mass is 9.97. The molecule has 17 heavy (non-hydrogen) atoms. The molecule has 1 aliphatic carbocycles. The van der Waals surface area contributed by atoms with Crippen molar-refractivity contribution in [3.05, 3.63) is 17.5 Å². The third-order valence-corrected chi connectivity index (χ3v) is 3.57. The number of hydrogen-bond donors (Lipinski definition) is 1. The van der Waals surface area contributed by atoms with Gasteiger partial charge in [-0.25, -0.2) is 0 Å². The molecule has 96 valence electrons. The Morgan fingerprint density at radius 2 is 2.29 bits per heavy atom. The Hall–Kier alpha value is -0.830. The quantitative estimate of drug-likeness (QED) is 0.786. The molecule has 3 heteroatoms. The van der Waals surface area contributed by atoms with E-state index >= 15 is 0 Å². The molecular weight excluding hydrogens is 210 g/mol. The third-order valence-electron chi connectivity index (χ3n) is 3.57. The standard InChI is InChI=1S/C14H25N3/c1-4-5-12(10-15-13-6-7-13)9-14-8-11(2)16-17(14)3/h8,12-13,15H,4-7,9-10H2,1-3H3. The fourth-order valence-corrected chi connectivity index (χ4v) is 2.46. The SMILES string of the molecule is CCCC(CNC1CC1)Cc1cc(C)nn1C. The van der Waals surface area contributed by atoms with Crippen molar-refractivity contribution >= 4 is 0 Å². The second-order valence-corrected chi connectivity index (χ2v) is 5.44. The van der Waals surface area contributed by atoms with E-state index in [-0.39, 0.29) is 0 Å². The van der Waals surface area contributed by atoms with Crippen LogP contribution < -0.4 is 5.32 Å². The normalized spacial score (nSPS) is 17.4. The van der Waals surface area contributed by atoms with Gasteiger partial charge in [-0.3, -0.25) is 4.68 Å². The van der Waals surface area contributed by atoms with Crippen LogP contribution in [0.15, 0.2) is 6.07 Å². The number of nitrogens with one attached hydrogen (secondary N) is 1. The second-order valence-electron chi connectivity index (χ2n) is 5.44. The summed E-state index contributed by atoms with van der Waals surface area (Å²) < 4.78 is 2.04. The molecule has 0 spiro atoms. The molecule has 0 aliphatic heterocycles. The van der Waals surface area contributed by atoms with Crippen LogP contribution in [0.4, 0.5) is 0 Å².